The van der Waals surface area contributed by atoms with Crippen molar-refractivity contribution in [3.63, 3.8) is 0 Å². The normalized spacial score (nSPS) is 10.8. The molecular weight excluding hydrogens is 418 g/mol. The number of nitrogens with zero attached hydrogens (tertiary/aromatic N) is 1. The van der Waals surface area contributed by atoms with Crippen molar-refractivity contribution < 1.29 is 9.18 Å². The molecule has 2 amide bonds. The van der Waals surface area contributed by atoms with Crippen LogP contribution in [-0.2, 0) is 0 Å². The molecule has 0 aliphatic heterocycles. The molecule has 2 radical (unpaired) electrons. The van der Waals surface area contributed by atoms with Gasteiger partial charge in [-0.2, -0.15) is 0 Å². The number of halogens is 1. The molecular formula is C21H16AsFN4O. The van der Waals surface area contributed by atoms with Crippen LogP contribution in [0.3, 0.4) is 0 Å². The van der Waals surface area contributed by atoms with Gasteiger partial charge in [0.2, 0.25) is 0 Å². The summed E-state index contributed by atoms with van der Waals surface area (Å²) in [5.41, 5.74) is 4.59. The number of amides is 2. The van der Waals surface area contributed by atoms with Gasteiger partial charge in [-0.3, -0.25) is 0 Å². The summed E-state index contributed by atoms with van der Waals surface area (Å²) in [5.74, 6) is -0.474. The molecule has 5 nitrogen and oxygen atoms in total. The van der Waals surface area contributed by atoms with Crippen molar-refractivity contribution in [1.29, 1.82) is 0 Å². The summed E-state index contributed by atoms with van der Waals surface area (Å²) >= 11 is 2.49. The number of benzene rings is 3. The van der Waals surface area contributed by atoms with E-state index < -0.39 is 11.8 Å². The first-order valence-corrected chi connectivity index (χ1v) is 9.56. The SMILES string of the molecule is Cc1ccc(F)c(NC(=O)Nc2ccc(-c3cccc4n[nH]c([As])c34)cc2)c1. The van der Waals surface area contributed by atoms with Gasteiger partial charge in [-0.05, 0) is 18.6 Å². The molecule has 0 spiro atoms. The van der Waals surface area contributed by atoms with Crippen molar-refractivity contribution in [1.82, 2.24) is 10.2 Å². The van der Waals surface area contributed by atoms with Gasteiger partial charge < -0.3 is 0 Å². The number of aromatic nitrogens is 2. The second kappa shape index (κ2) is 7.49. The van der Waals surface area contributed by atoms with Crippen LogP contribution in [0.5, 0.6) is 0 Å². The Hall–Kier alpha value is -3.11. The Balaban J connectivity index is 1.52. The van der Waals surface area contributed by atoms with Gasteiger partial charge in [-0.15, -0.1) is 0 Å². The van der Waals surface area contributed by atoms with Crippen LogP contribution in [0.15, 0.2) is 60.7 Å². The van der Waals surface area contributed by atoms with Crippen LogP contribution in [0, 0.1) is 12.7 Å². The van der Waals surface area contributed by atoms with E-state index in [1.807, 2.05) is 49.4 Å². The van der Waals surface area contributed by atoms with E-state index in [1.54, 1.807) is 12.1 Å². The Morgan fingerprint density at radius 1 is 1.07 bits per heavy atom. The fraction of sp³-hybridized carbons (Fsp3) is 0.0476. The number of aromatic amines is 1. The average molecular weight is 434 g/mol. The van der Waals surface area contributed by atoms with Crippen molar-refractivity contribution in [3.8, 4) is 11.1 Å². The van der Waals surface area contributed by atoms with Crippen LogP contribution < -0.4 is 15.1 Å². The fourth-order valence-corrected chi connectivity index (χ4v) is 3.64. The number of hydrogen-bond acceptors (Lipinski definition) is 2. The summed E-state index contributed by atoms with van der Waals surface area (Å²) in [4.78, 5) is 12.2. The van der Waals surface area contributed by atoms with Crippen LogP contribution in [0.4, 0.5) is 20.6 Å². The molecule has 4 aromatic rings. The maximum atomic E-state index is 13.8. The Bertz CT molecular complexity index is 1170. The number of carbonyl (C=O) groups excluding carboxylic acids is 1. The number of rotatable bonds is 3. The summed E-state index contributed by atoms with van der Waals surface area (Å²) < 4.78 is 14.7. The third-order valence-electron chi connectivity index (χ3n) is 4.39. The van der Waals surface area contributed by atoms with Gasteiger partial charge in [0.1, 0.15) is 0 Å². The number of urea groups is 1. The van der Waals surface area contributed by atoms with E-state index in [1.165, 1.54) is 6.07 Å². The number of hydrogen-bond donors (Lipinski definition) is 3. The van der Waals surface area contributed by atoms with Gasteiger partial charge in [0.25, 0.3) is 0 Å². The van der Waals surface area contributed by atoms with Gasteiger partial charge in [-0.1, -0.05) is 6.07 Å². The first kappa shape index (κ1) is 18.3. The summed E-state index contributed by atoms with van der Waals surface area (Å²) in [6.07, 6.45) is 0. The molecule has 1 aromatic heterocycles. The molecule has 0 saturated carbocycles. The Morgan fingerprint density at radius 3 is 2.64 bits per heavy atom. The monoisotopic (exact) mass is 434 g/mol. The van der Waals surface area contributed by atoms with E-state index in [4.69, 9.17) is 0 Å². The summed E-state index contributed by atoms with van der Waals surface area (Å²) in [5, 5.41) is 13.6. The molecule has 1 heterocycles. The molecule has 0 bridgehead atoms. The van der Waals surface area contributed by atoms with E-state index in [0.29, 0.717) is 5.69 Å². The standard InChI is InChI=1S/C21H16AsFN4O/c1-12-5-10-16(23)18(11-12)25-21(28)24-14-8-6-13(7-9-14)15-3-2-4-17-19(15)20(22)27-26-17/h2-11H,1H3,(H,26,27)(H2,24,25,28). The number of fused-ring (bicyclic) bond motifs is 1. The molecule has 7 heteroatoms. The first-order chi connectivity index (χ1) is 13.5. The second-order valence-corrected chi connectivity index (χ2v) is 7.35. The summed E-state index contributed by atoms with van der Waals surface area (Å²) in [7, 11) is 0. The van der Waals surface area contributed by atoms with E-state index in [9.17, 15) is 9.18 Å². The van der Waals surface area contributed by atoms with Crippen LogP contribution in [-0.4, -0.2) is 33.1 Å². The van der Waals surface area contributed by atoms with E-state index in [0.717, 1.165) is 32.1 Å². The summed E-state index contributed by atoms with van der Waals surface area (Å²) in [6.45, 7) is 1.84. The van der Waals surface area contributed by atoms with Crippen LogP contribution in [0.2, 0.25) is 0 Å². The predicted octanol–water partition coefficient (Wildman–Crippen LogP) is 4.12. The third kappa shape index (κ3) is 3.64. The predicted molar refractivity (Wildman–Crippen MR) is 111 cm³/mol. The molecule has 0 saturated heterocycles. The second-order valence-electron chi connectivity index (χ2n) is 6.41. The minimum atomic E-state index is -0.498. The van der Waals surface area contributed by atoms with Gasteiger partial charge in [0.05, 0.1) is 0 Å². The Kier molecular flexibility index (Phi) is 4.88. The average Bonchev–Trinajstić information content (AvgIpc) is 3.07. The molecule has 0 atom stereocenters. The number of anilines is 2. The molecule has 0 aliphatic carbocycles. The van der Waals surface area contributed by atoms with Gasteiger partial charge in [0.15, 0.2) is 0 Å². The zero-order chi connectivity index (χ0) is 19.7. The fourth-order valence-electron chi connectivity index (χ4n) is 3.04. The zero-order valence-electron chi connectivity index (χ0n) is 15.0. The zero-order valence-corrected chi connectivity index (χ0v) is 16.8. The van der Waals surface area contributed by atoms with Gasteiger partial charge in [-0.25, -0.2) is 4.39 Å². The Labute approximate surface area is 169 Å². The molecule has 4 rings (SSSR count). The molecule has 138 valence electrons. The van der Waals surface area contributed by atoms with Crippen molar-refractivity contribution in [2.75, 3.05) is 10.6 Å². The number of carbonyl (C=O) groups is 1. The molecule has 0 aliphatic rings. The minimum absolute atomic E-state index is 0.148. The van der Waals surface area contributed by atoms with Crippen molar-refractivity contribution in [2.45, 2.75) is 6.92 Å². The topological polar surface area (TPSA) is 69.8 Å². The third-order valence-corrected chi connectivity index (χ3v) is 5.06. The number of aryl methyl sites for hydroxylation is 1. The van der Waals surface area contributed by atoms with E-state index in [2.05, 4.69) is 37.7 Å². The number of nitrogens with one attached hydrogen (secondary N) is 3. The molecule has 0 unspecified atom stereocenters. The van der Waals surface area contributed by atoms with Gasteiger partial charge >= 0.3 is 141 Å². The molecule has 3 aromatic carbocycles. The van der Waals surface area contributed by atoms with Crippen LogP contribution in [0.1, 0.15) is 5.56 Å². The van der Waals surface area contributed by atoms with Crippen molar-refractivity contribution in [3.05, 3.63) is 72.0 Å². The maximum absolute atomic E-state index is 13.8. The van der Waals surface area contributed by atoms with Crippen molar-refractivity contribution in [2.24, 2.45) is 0 Å². The van der Waals surface area contributed by atoms with E-state index >= 15 is 0 Å². The number of H-pyrrole nitrogens is 1. The van der Waals surface area contributed by atoms with Crippen LogP contribution in [0.25, 0.3) is 22.0 Å². The van der Waals surface area contributed by atoms with E-state index in [-0.39, 0.29) is 5.69 Å². The Morgan fingerprint density at radius 2 is 1.86 bits per heavy atom. The van der Waals surface area contributed by atoms with Crippen LogP contribution >= 0.6 is 0 Å². The quantitative estimate of drug-likeness (QED) is 0.425. The first-order valence-electron chi connectivity index (χ1n) is 8.62. The molecule has 28 heavy (non-hydrogen) atoms. The summed E-state index contributed by atoms with van der Waals surface area (Å²) in [6, 6.07) is 17.5. The molecule has 0 fully saturated rings. The van der Waals surface area contributed by atoms with Crippen molar-refractivity contribution >= 4 is 49.6 Å². The molecule has 3 N–H and O–H groups in total. The van der Waals surface area contributed by atoms with Gasteiger partial charge in [0, 0.05) is 0 Å².